The van der Waals surface area contributed by atoms with Crippen LogP contribution in [0.2, 0.25) is 0 Å². The highest BCUT2D eigenvalue weighted by Crippen LogP contribution is 2.27. The molecular formula is C20H17N3O4S. The van der Waals surface area contributed by atoms with Gasteiger partial charge in [-0.2, -0.15) is 8.42 Å². The number of anilines is 1. The molecule has 0 saturated carbocycles. The maximum Gasteiger partial charge on any atom is 0.225 e. The first-order valence-electron chi connectivity index (χ1n) is 8.59. The van der Waals surface area contributed by atoms with Gasteiger partial charge in [-0.15, -0.1) is 0 Å². The molecule has 0 fully saturated rings. The van der Waals surface area contributed by atoms with Crippen molar-refractivity contribution in [3.05, 3.63) is 71.8 Å². The molecule has 1 aromatic carbocycles. The fourth-order valence-corrected chi connectivity index (χ4v) is 3.71. The quantitative estimate of drug-likeness (QED) is 0.676. The van der Waals surface area contributed by atoms with Gasteiger partial charge in [-0.05, 0) is 31.5 Å². The van der Waals surface area contributed by atoms with E-state index in [0.29, 0.717) is 23.0 Å². The summed E-state index contributed by atoms with van der Waals surface area (Å²) in [4.78, 5) is 4.36. The topological polar surface area (TPSA) is 98.2 Å². The summed E-state index contributed by atoms with van der Waals surface area (Å²) in [5.41, 5.74) is 3.05. The van der Waals surface area contributed by atoms with E-state index in [1.807, 2.05) is 37.3 Å². The van der Waals surface area contributed by atoms with Crippen molar-refractivity contribution >= 4 is 26.5 Å². The Morgan fingerprint density at radius 1 is 1.11 bits per heavy atom. The van der Waals surface area contributed by atoms with Crippen molar-refractivity contribution in [1.29, 1.82) is 0 Å². The summed E-state index contributed by atoms with van der Waals surface area (Å²) in [5, 5.41) is 7.12. The smallest absolute Gasteiger partial charge is 0.225 e. The maximum atomic E-state index is 12.1. The molecule has 2 heterocycles. The highest BCUT2D eigenvalue weighted by Gasteiger charge is 2.25. The summed E-state index contributed by atoms with van der Waals surface area (Å²) < 4.78 is 34.6. The van der Waals surface area contributed by atoms with Crippen molar-refractivity contribution < 1.29 is 17.4 Å². The zero-order chi connectivity index (χ0) is 19.7. The monoisotopic (exact) mass is 395 g/mol. The summed E-state index contributed by atoms with van der Waals surface area (Å²) in [6.07, 6.45) is 8.47. The molecule has 0 aliphatic heterocycles. The van der Waals surface area contributed by atoms with Crippen molar-refractivity contribution in [2.24, 2.45) is 0 Å². The van der Waals surface area contributed by atoms with Crippen LogP contribution in [-0.2, 0) is 10.3 Å². The number of rotatable bonds is 4. The Balaban J connectivity index is 1.67. The van der Waals surface area contributed by atoms with Crippen LogP contribution in [0.5, 0.6) is 0 Å². The second-order valence-corrected chi connectivity index (χ2v) is 7.22. The molecule has 1 N–H and O–H groups in total. The lowest BCUT2D eigenvalue weighted by atomic mass is 9.93. The third kappa shape index (κ3) is 3.29. The van der Waals surface area contributed by atoms with E-state index >= 15 is 0 Å². The van der Waals surface area contributed by atoms with Crippen LogP contribution in [-0.4, -0.2) is 29.5 Å². The molecule has 2 aromatic heterocycles. The molecule has 0 radical (unpaired) electrons. The maximum absolute atomic E-state index is 12.1. The third-order valence-electron chi connectivity index (χ3n) is 4.62. The Bertz CT molecular complexity index is 1190. The molecule has 4 rings (SSSR count). The summed E-state index contributed by atoms with van der Waals surface area (Å²) in [7, 11) is -2.43. The number of hydrogen-bond donors (Lipinski definition) is 1. The van der Waals surface area contributed by atoms with Gasteiger partial charge in [0.05, 0.1) is 12.2 Å². The van der Waals surface area contributed by atoms with Crippen molar-refractivity contribution in [3.63, 3.8) is 0 Å². The number of nitrogens with zero attached hydrogens (tertiary/aromatic N) is 2. The normalized spacial score (nSPS) is 16.1. The predicted molar refractivity (Wildman–Crippen MR) is 106 cm³/mol. The molecule has 0 spiro atoms. The van der Waals surface area contributed by atoms with E-state index in [1.165, 1.54) is 6.26 Å². The molecular weight excluding hydrogens is 378 g/mol. The molecule has 0 bridgehead atoms. The lowest BCUT2D eigenvalue weighted by molar-refractivity contribution is 0.399. The number of hydrogen-bond acceptors (Lipinski definition) is 7. The molecule has 142 valence electrons. The summed E-state index contributed by atoms with van der Waals surface area (Å²) >= 11 is 0. The second-order valence-electron chi connectivity index (χ2n) is 6.31. The summed E-state index contributed by atoms with van der Waals surface area (Å²) in [6, 6.07) is 6.84. The zero-order valence-corrected chi connectivity index (χ0v) is 16.0. The van der Waals surface area contributed by atoms with Gasteiger partial charge in [0, 0.05) is 16.7 Å². The molecule has 1 aliphatic rings. The van der Waals surface area contributed by atoms with E-state index in [0.717, 1.165) is 16.7 Å². The zero-order valence-electron chi connectivity index (χ0n) is 15.2. The first kappa shape index (κ1) is 18.0. The lowest BCUT2D eigenvalue weighted by Gasteiger charge is -2.21. The minimum absolute atomic E-state index is 0.242. The van der Waals surface area contributed by atoms with Crippen LogP contribution in [0.1, 0.15) is 16.9 Å². The molecule has 0 saturated heterocycles. The number of aromatic nitrogens is 2. The van der Waals surface area contributed by atoms with Crippen molar-refractivity contribution in [3.8, 4) is 11.5 Å². The van der Waals surface area contributed by atoms with Gasteiger partial charge in [-0.1, -0.05) is 35.5 Å². The van der Waals surface area contributed by atoms with E-state index in [-0.39, 0.29) is 4.86 Å². The largest absolute Gasteiger partial charge is 0.445 e. The SMILES string of the molecule is Cc1onc(NC2C=CC=C(c3ccc(-c4ncco4)cc3)C2=S(=O)=O)c1C. The van der Waals surface area contributed by atoms with Gasteiger partial charge >= 0.3 is 0 Å². The van der Waals surface area contributed by atoms with Crippen LogP contribution < -0.4 is 5.32 Å². The number of nitrogens with one attached hydrogen (secondary N) is 1. The van der Waals surface area contributed by atoms with E-state index < -0.39 is 16.3 Å². The van der Waals surface area contributed by atoms with Crippen molar-refractivity contribution in [2.75, 3.05) is 5.32 Å². The van der Waals surface area contributed by atoms with Gasteiger partial charge in [0.2, 0.25) is 16.2 Å². The molecule has 7 nitrogen and oxygen atoms in total. The van der Waals surface area contributed by atoms with E-state index in [1.54, 1.807) is 25.3 Å². The highest BCUT2D eigenvalue weighted by molar-refractivity contribution is 7.74. The number of benzene rings is 1. The van der Waals surface area contributed by atoms with Gasteiger partial charge in [-0.3, -0.25) is 0 Å². The molecule has 1 aliphatic carbocycles. The van der Waals surface area contributed by atoms with Crippen LogP contribution in [0.25, 0.3) is 17.0 Å². The van der Waals surface area contributed by atoms with Crippen LogP contribution in [0.4, 0.5) is 5.82 Å². The van der Waals surface area contributed by atoms with Gasteiger partial charge in [0.1, 0.15) is 16.9 Å². The van der Waals surface area contributed by atoms with Crippen LogP contribution in [0, 0.1) is 13.8 Å². The Labute approximate surface area is 162 Å². The molecule has 1 atom stereocenters. The Kier molecular flexibility index (Phi) is 4.70. The summed E-state index contributed by atoms with van der Waals surface area (Å²) in [5.74, 6) is 1.72. The van der Waals surface area contributed by atoms with E-state index in [9.17, 15) is 8.42 Å². The minimum Gasteiger partial charge on any atom is -0.445 e. The Morgan fingerprint density at radius 2 is 1.86 bits per heavy atom. The van der Waals surface area contributed by atoms with Crippen LogP contribution in [0.15, 0.2) is 63.9 Å². The van der Waals surface area contributed by atoms with Crippen LogP contribution >= 0.6 is 0 Å². The molecule has 8 heteroatoms. The fourth-order valence-electron chi connectivity index (χ4n) is 3.00. The average molecular weight is 395 g/mol. The number of aryl methyl sites for hydroxylation is 1. The molecule has 1 unspecified atom stereocenters. The predicted octanol–water partition coefficient (Wildman–Crippen LogP) is 3.43. The van der Waals surface area contributed by atoms with E-state index in [4.69, 9.17) is 8.94 Å². The average Bonchev–Trinajstić information content (AvgIpc) is 3.34. The fraction of sp³-hybridized carbons (Fsp3) is 0.150. The third-order valence-corrected chi connectivity index (χ3v) is 5.45. The van der Waals surface area contributed by atoms with Gasteiger partial charge in [0.25, 0.3) is 0 Å². The Morgan fingerprint density at radius 3 is 2.46 bits per heavy atom. The van der Waals surface area contributed by atoms with E-state index in [2.05, 4.69) is 15.5 Å². The van der Waals surface area contributed by atoms with Gasteiger partial charge in [0.15, 0.2) is 5.82 Å². The standard InChI is InChI=1S/C20H17N3O4S/c1-12-13(2)27-23-19(12)22-17-5-3-4-16(18(17)28(24)25)14-6-8-15(9-7-14)20-21-10-11-26-20/h3-11,17H,1-2H3,(H,22,23). The first-order chi connectivity index (χ1) is 13.5. The first-order valence-corrected chi connectivity index (χ1v) is 9.67. The molecule has 3 aromatic rings. The minimum atomic E-state index is -2.43. The van der Waals surface area contributed by atoms with Gasteiger partial charge in [-0.25, -0.2) is 4.98 Å². The highest BCUT2D eigenvalue weighted by atomic mass is 32.2. The van der Waals surface area contributed by atoms with Crippen molar-refractivity contribution in [2.45, 2.75) is 19.9 Å². The molecule has 28 heavy (non-hydrogen) atoms. The molecule has 0 amide bonds. The number of allylic oxidation sites excluding steroid dienone is 2. The summed E-state index contributed by atoms with van der Waals surface area (Å²) in [6.45, 7) is 3.67. The lowest BCUT2D eigenvalue weighted by Crippen LogP contribution is -2.31. The van der Waals surface area contributed by atoms with Crippen LogP contribution in [0.3, 0.4) is 0 Å². The Hall–Kier alpha value is -3.39. The second kappa shape index (κ2) is 7.32. The number of oxazole rings is 1. The van der Waals surface area contributed by atoms with Gasteiger partial charge < -0.3 is 14.3 Å². The van der Waals surface area contributed by atoms with Crippen molar-refractivity contribution in [1.82, 2.24) is 10.1 Å².